The van der Waals surface area contributed by atoms with Gasteiger partial charge in [0.15, 0.2) is 0 Å². The first-order valence-corrected chi connectivity index (χ1v) is 8.29. The van der Waals surface area contributed by atoms with E-state index in [2.05, 4.69) is 10.3 Å². The van der Waals surface area contributed by atoms with Gasteiger partial charge in [0.05, 0.1) is 17.3 Å². The molecule has 1 aromatic rings. The van der Waals surface area contributed by atoms with E-state index in [0.29, 0.717) is 19.7 Å². The summed E-state index contributed by atoms with van der Waals surface area (Å²) >= 11 is 1.55. The van der Waals surface area contributed by atoms with Gasteiger partial charge in [-0.2, -0.15) is 0 Å². The predicted molar refractivity (Wildman–Crippen MR) is 85.6 cm³/mol. The van der Waals surface area contributed by atoms with E-state index in [1.165, 1.54) is 0 Å². The van der Waals surface area contributed by atoms with Crippen LogP contribution in [0, 0.1) is 6.92 Å². The average molecular weight is 323 g/mol. The van der Waals surface area contributed by atoms with E-state index < -0.39 is 6.09 Å². The zero-order chi connectivity index (χ0) is 15.9. The number of thiazole rings is 1. The van der Waals surface area contributed by atoms with Crippen LogP contribution < -0.4 is 5.32 Å². The number of carbonyl (C=O) groups is 2. The molecular weight excluding hydrogens is 302 g/mol. The van der Waals surface area contributed by atoms with Gasteiger partial charge in [-0.1, -0.05) is 0 Å². The van der Waals surface area contributed by atoms with Gasteiger partial charge in [-0.05, 0) is 32.8 Å². The highest BCUT2D eigenvalue weighted by atomic mass is 32.1. The van der Waals surface area contributed by atoms with Gasteiger partial charge < -0.3 is 15.0 Å². The van der Waals surface area contributed by atoms with Crippen LogP contribution in [0.2, 0.25) is 0 Å². The smallest absolute Gasteiger partial charge is 0.407 e. The van der Waals surface area contributed by atoms with Crippen LogP contribution in [0.5, 0.6) is 0 Å². The molecule has 120 valence electrons. The molecule has 1 aliphatic rings. The molecule has 1 atom stereocenters. The summed E-state index contributed by atoms with van der Waals surface area (Å²) in [4.78, 5) is 29.7. The SMILES string of the molecule is CCOC(=O)N[C@@H]1CCCN(C(=O)/C=C/c2csc(C)n2)C1. The number of aryl methyl sites for hydroxylation is 1. The molecule has 0 spiro atoms. The summed E-state index contributed by atoms with van der Waals surface area (Å²) < 4.78 is 4.87. The molecule has 0 aromatic carbocycles. The largest absolute Gasteiger partial charge is 0.450 e. The molecule has 6 nitrogen and oxygen atoms in total. The van der Waals surface area contributed by atoms with Gasteiger partial charge in [0.1, 0.15) is 0 Å². The van der Waals surface area contributed by atoms with E-state index in [9.17, 15) is 9.59 Å². The zero-order valence-electron chi connectivity index (χ0n) is 12.9. The number of ether oxygens (including phenoxy) is 1. The van der Waals surface area contributed by atoms with Crippen molar-refractivity contribution < 1.29 is 14.3 Å². The van der Waals surface area contributed by atoms with Gasteiger partial charge >= 0.3 is 6.09 Å². The molecule has 0 aliphatic carbocycles. The number of amides is 2. The number of hydrogen-bond donors (Lipinski definition) is 1. The fraction of sp³-hybridized carbons (Fsp3) is 0.533. The fourth-order valence-corrected chi connectivity index (χ4v) is 2.93. The third-order valence-corrected chi connectivity index (χ3v) is 4.16. The first-order chi connectivity index (χ1) is 10.6. The second-order valence-electron chi connectivity index (χ2n) is 5.11. The van der Waals surface area contributed by atoms with Crippen LogP contribution in [0.25, 0.3) is 6.08 Å². The van der Waals surface area contributed by atoms with Gasteiger partial charge in [0.25, 0.3) is 0 Å². The Balaban J connectivity index is 1.87. The molecule has 2 rings (SSSR count). The van der Waals surface area contributed by atoms with Crippen LogP contribution in [0.3, 0.4) is 0 Å². The Kier molecular flexibility index (Phi) is 5.94. The van der Waals surface area contributed by atoms with Crippen molar-refractivity contribution in [2.24, 2.45) is 0 Å². The molecule has 1 N–H and O–H groups in total. The van der Waals surface area contributed by atoms with E-state index >= 15 is 0 Å². The molecule has 1 aliphatic heterocycles. The van der Waals surface area contributed by atoms with Crippen molar-refractivity contribution in [1.82, 2.24) is 15.2 Å². The lowest BCUT2D eigenvalue weighted by molar-refractivity contribution is -0.127. The van der Waals surface area contributed by atoms with Crippen LogP contribution in [-0.2, 0) is 9.53 Å². The maximum Gasteiger partial charge on any atom is 0.407 e. The first-order valence-electron chi connectivity index (χ1n) is 7.41. The molecule has 22 heavy (non-hydrogen) atoms. The van der Waals surface area contributed by atoms with Crippen molar-refractivity contribution >= 4 is 29.4 Å². The van der Waals surface area contributed by atoms with Crippen molar-refractivity contribution in [3.63, 3.8) is 0 Å². The van der Waals surface area contributed by atoms with Crippen molar-refractivity contribution in [1.29, 1.82) is 0 Å². The average Bonchev–Trinajstić information content (AvgIpc) is 2.91. The van der Waals surface area contributed by atoms with Crippen molar-refractivity contribution in [3.8, 4) is 0 Å². The molecule has 1 fully saturated rings. The number of alkyl carbamates (subject to hydrolysis) is 1. The number of nitrogens with zero attached hydrogens (tertiary/aromatic N) is 2. The van der Waals surface area contributed by atoms with E-state index in [0.717, 1.165) is 23.5 Å². The lowest BCUT2D eigenvalue weighted by atomic mass is 10.1. The van der Waals surface area contributed by atoms with Crippen molar-refractivity contribution in [2.75, 3.05) is 19.7 Å². The minimum atomic E-state index is -0.421. The van der Waals surface area contributed by atoms with Gasteiger partial charge in [0.2, 0.25) is 5.91 Å². The number of likely N-dealkylation sites (tertiary alicyclic amines) is 1. The Hall–Kier alpha value is -1.89. The number of rotatable bonds is 4. The lowest BCUT2D eigenvalue weighted by Crippen LogP contribution is -2.49. The van der Waals surface area contributed by atoms with E-state index in [1.807, 2.05) is 12.3 Å². The minimum Gasteiger partial charge on any atom is -0.450 e. The molecule has 7 heteroatoms. The van der Waals surface area contributed by atoms with Gasteiger partial charge in [0, 0.05) is 30.6 Å². The van der Waals surface area contributed by atoms with Gasteiger partial charge in [-0.15, -0.1) is 11.3 Å². The number of nitrogens with one attached hydrogen (secondary N) is 1. The van der Waals surface area contributed by atoms with Gasteiger partial charge in [-0.3, -0.25) is 4.79 Å². The maximum atomic E-state index is 12.2. The highest BCUT2D eigenvalue weighted by Gasteiger charge is 2.23. The zero-order valence-corrected chi connectivity index (χ0v) is 13.7. The summed E-state index contributed by atoms with van der Waals surface area (Å²) in [6, 6.07) is -0.0494. The minimum absolute atomic E-state index is 0.0494. The molecule has 2 heterocycles. The van der Waals surface area contributed by atoms with Crippen LogP contribution >= 0.6 is 11.3 Å². The topological polar surface area (TPSA) is 71.5 Å². The number of hydrogen-bond acceptors (Lipinski definition) is 5. The molecular formula is C15H21N3O3S. The summed E-state index contributed by atoms with van der Waals surface area (Å²) in [6.45, 7) is 5.26. The third-order valence-electron chi connectivity index (χ3n) is 3.36. The molecule has 2 amide bonds. The quantitative estimate of drug-likeness (QED) is 0.862. The number of aromatic nitrogens is 1. The molecule has 1 aromatic heterocycles. The molecule has 0 radical (unpaired) electrons. The highest BCUT2D eigenvalue weighted by molar-refractivity contribution is 7.09. The predicted octanol–water partition coefficient (Wildman–Crippen LogP) is 2.20. The standard InChI is InChI=1S/C15H21N3O3S/c1-3-21-15(20)17-12-5-4-8-18(9-12)14(19)7-6-13-10-22-11(2)16-13/h6-7,10,12H,3-5,8-9H2,1-2H3,(H,17,20)/b7-6+/t12-/m1/s1. The van der Waals surface area contributed by atoms with E-state index in [4.69, 9.17) is 4.74 Å². The van der Waals surface area contributed by atoms with E-state index in [1.54, 1.807) is 35.3 Å². The third kappa shape index (κ3) is 4.84. The van der Waals surface area contributed by atoms with Crippen LogP contribution in [0.15, 0.2) is 11.5 Å². The number of piperidine rings is 1. The first kappa shape index (κ1) is 16.5. The van der Waals surface area contributed by atoms with E-state index in [-0.39, 0.29) is 11.9 Å². The monoisotopic (exact) mass is 323 g/mol. The number of carbonyl (C=O) groups excluding carboxylic acids is 2. The Morgan fingerprint density at radius 2 is 2.41 bits per heavy atom. The second kappa shape index (κ2) is 7.93. The molecule has 0 saturated carbocycles. The molecule has 1 saturated heterocycles. The van der Waals surface area contributed by atoms with Gasteiger partial charge in [-0.25, -0.2) is 9.78 Å². The van der Waals surface area contributed by atoms with Crippen LogP contribution in [-0.4, -0.2) is 47.6 Å². The Morgan fingerprint density at radius 3 is 3.09 bits per heavy atom. The normalized spacial score (nSPS) is 18.5. The second-order valence-corrected chi connectivity index (χ2v) is 6.18. The molecule has 0 bridgehead atoms. The fourth-order valence-electron chi connectivity index (χ4n) is 2.35. The Morgan fingerprint density at radius 1 is 1.59 bits per heavy atom. The van der Waals surface area contributed by atoms with Crippen molar-refractivity contribution in [2.45, 2.75) is 32.7 Å². The summed E-state index contributed by atoms with van der Waals surface area (Å²) in [6.07, 6.45) is 4.58. The Bertz CT molecular complexity index is 556. The summed E-state index contributed by atoms with van der Waals surface area (Å²) in [5, 5.41) is 5.68. The van der Waals surface area contributed by atoms with Crippen LogP contribution in [0.1, 0.15) is 30.5 Å². The lowest BCUT2D eigenvalue weighted by Gasteiger charge is -2.32. The summed E-state index contributed by atoms with van der Waals surface area (Å²) in [5.41, 5.74) is 0.800. The molecule has 0 unspecified atom stereocenters. The summed E-state index contributed by atoms with van der Waals surface area (Å²) in [7, 11) is 0. The van der Waals surface area contributed by atoms with Crippen molar-refractivity contribution in [3.05, 3.63) is 22.2 Å². The maximum absolute atomic E-state index is 12.2. The highest BCUT2D eigenvalue weighted by Crippen LogP contribution is 2.13. The van der Waals surface area contributed by atoms with Crippen LogP contribution in [0.4, 0.5) is 4.79 Å². The Labute approximate surface area is 134 Å². The summed E-state index contributed by atoms with van der Waals surface area (Å²) in [5.74, 6) is -0.0546.